The van der Waals surface area contributed by atoms with Gasteiger partial charge in [0.05, 0.1) is 12.3 Å². The first kappa shape index (κ1) is 14.4. The summed E-state index contributed by atoms with van der Waals surface area (Å²) in [6.07, 6.45) is 2.97. The molecule has 4 nitrogen and oxygen atoms in total. The fraction of sp³-hybridized carbons (Fsp3) is 0.278. The van der Waals surface area contributed by atoms with E-state index in [1.165, 1.54) is 5.56 Å². The summed E-state index contributed by atoms with van der Waals surface area (Å²) in [4.78, 5) is 12.0. The van der Waals surface area contributed by atoms with Crippen molar-refractivity contribution < 1.29 is 9.53 Å². The topological polar surface area (TPSA) is 64.4 Å². The number of rotatable bonds is 6. The fourth-order valence-corrected chi connectivity index (χ4v) is 2.24. The minimum Gasteiger partial charge on any atom is -0.491 e. The number of amides is 1. The summed E-state index contributed by atoms with van der Waals surface area (Å²) in [6.45, 7) is 0.557. The third-order valence-corrected chi connectivity index (χ3v) is 3.68. The van der Waals surface area contributed by atoms with E-state index < -0.39 is 0 Å². The number of nitrogen functional groups attached to an aromatic ring is 1. The van der Waals surface area contributed by atoms with E-state index in [-0.39, 0.29) is 5.91 Å². The third-order valence-electron chi connectivity index (χ3n) is 3.68. The van der Waals surface area contributed by atoms with Crippen molar-refractivity contribution in [2.45, 2.75) is 25.3 Å². The summed E-state index contributed by atoms with van der Waals surface area (Å²) in [5.41, 5.74) is 8.28. The molecule has 1 aliphatic carbocycles. The zero-order valence-electron chi connectivity index (χ0n) is 12.4. The minimum absolute atomic E-state index is 0.0648. The van der Waals surface area contributed by atoms with Crippen LogP contribution in [0.5, 0.6) is 5.75 Å². The van der Waals surface area contributed by atoms with Crippen molar-refractivity contribution in [1.29, 1.82) is 0 Å². The van der Waals surface area contributed by atoms with Crippen molar-refractivity contribution >= 4 is 11.6 Å². The molecule has 1 amide bonds. The van der Waals surface area contributed by atoms with Crippen LogP contribution in [-0.2, 0) is 6.42 Å². The summed E-state index contributed by atoms with van der Waals surface area (Å²) in [5.74, 6) is 0.559. The van der Waals surface area contributed by atoms with E-state index >= 15 is 0 Å². The first-order valence-electron chi connectivity index (χ1n) is 7.59. The summed E-state index contributed by atoms with van der Waals surface area (Å²) >= 11 is 0. The van der Waals surface area contributed by atoms with Crippen LogP contribution in [0.15, 0.2) is 48.5 Å². The van der Waals surface area contributed by atoms with Crippen LogP contribution in [0.1, 0.15) is 28.8 Å². The van der Waals surface area contributed by atoms with Gasteiger partial charge in [0.2, 0.25) is 0 Å². The molecule has 0 aliphatic heterocycles. The van der Waals surface area contributed by atoms with Crippen molar-refractivity contribution in [3.8, 4) is 5.75 Å². The molecule has 3 rings (SSSR count). The Kier molecular flexibility index (Phi) is 4.28. The SMILES string of the molecule is Nc1cc(C(=O)NC2CC2)ccc1OCCc1ccccc1. The van der Waals surface area contributed by atoms with E-state index in [4.69, 9.17) is 10.5 Å². The molecule has 114 valence electrons. The van der Waals surface area contributed by atoms with Gasteiger partial charge in [-0.15, -0.1) is 0 Å². The third kappa shape index (κ3) is 3.79. The number of nitrogens with one attached hydrogen (secondary N) is 1. The van der Waals surface area contributed by atoms with E-state index in [0.29, 0.717) is 29.6 Å². The maximum Gasteiger partial charge on any atom is 0.251 e. The fourth-order valence-electron chi connectivity index (χ4n) is 2.24. The molecule has 0 unspecified atom stereocenters. The smallest absolute Gasteiger partial charge is 0.251 e. The van der Waals surface area contributed by atoms with Gasteiger partial charge in [-0.2, -0.15) is 0 Å². The van der Waals surface area contributed by atoms with Crippen molar-refractivity contribution in [3.05, 3.63) is 59.7 Å². The lowest BCUT2D eigenvalue weighted by Gasteiger charge is -2.10. The maximum atomic E-state index is 12.0. The lowest BCUT2D eigenvalue weighted by molar-refractivity contribution is 0.0951. The number of benzene rings is 2. The average molecular weight is 296 g/mol. The Bertz CT molecular complexity index is 651. The molecule has 0 heterocycles. The van der Waals surface area contributed by atoms with E-state index in [1.807, 2.05) is 18.2 Å². The van der Waals surface area contributed by atoms with Gasteiger partial charge >= 0.3 is 0 Å². The molecule has 4 heteroatoms. The van der Waals surface area contributed by atoms with Crippen LogP contribution in [0.3, 0.4) is 0 Å². The van der Waals surface area contributed by atoms with Gasteiger partial charge in [0.15, 0.2) is 0 Å². The van der Waals surface area contributed by atoms with Crippen LogP contribution in [0.2, 0.25) is 0 Å². The number of hydrogen-bond acceptors (Lipinski definition) is 3. The molecule has 3 N–H and O–H groups in total. The van der Waals surface area contributed by atoms with Crippen molar-refractivity contribution in [2.24, 2.45) is 0 Å². The monoisotopic (exact) mass is 296 g/mol. The molecule has 0 atom stereocenters. The molecular weight excluding hydrogens is 276 g/mol. The van der Waals surface area contributed by atoms with Crippen molar-refractivity contribution in [1.82, 2.24) is 5.32 Å². The molecule has 0 saturated heterocycles. The van der Waals surface area contributed by atoms with Gasteiger partial charge in [0.1, 0.15) is 5.75 Å². The summed E-state index contributed by atoms with van der Waals surface area (Å²) in [5, 5.41) is 2.95. The normalized spacial score (nSPS) is 13.6. The molecule has 2 aromatic rings. The van der Waals surface area contributed by atoms with E-state index in [0.717, 1.165) is 19.3 Å². The molecule has 0 radical (unpaired) electrons. The molecule has 2 aromatic carbocycles. The van der Waals surface area contributed by atoms with E-state index in [2.05, 4.69) is 17.4 Å². The predicted octanol–water partition coefficient (Wildman–Crippen LogP) is 2.78. The summed E-state index contributed by atoms with van der Waals surface area (Å²) in [7, 11) is 0. The van der Waals surface area contributed by atoms with Crippen LogP contribution in [0, 0.1) is 0 Å². The molecule has 0 spiro atoms. The number of hydrogen-bond donors (Lipinski definition) is 2. The van der Waals surface area contributed by atoms with Crippen molar-refractivity contribution in [3.63, 3.8) is 0 Å². The van der Waals surface area contributed by atoms with Gasteiger partial charge in [-0.05, 0) is 36.6 Å². The highest BCUT2D eigenvalue weighted by Crippen LogP contribution is 2.24. The number of carbonyl (C=O) groups is 1. The Morgan fingerprint density at radius 1 is 1.18 bits per heavy atom. The summed E-state index contributed by atoms with van der Waals surface area (Å²) < 4.78 is 5.71. The molecule has 1 saturated carbocycles. The zero-order valence-corrected chi connectivity index (χ0v) is 12.4. The quantitative estimate of drug-likeness (QED) is 0.806. The lowest BCUT2D eigenvalue weighted by atomic mass is 10.1. The lowest BCUT2D eigenvalue weighted by Crippen LogP contribution is -2.25. The van der Waals surface area contributed by atoms with Gasteiger partial charge in [-0.25, -0.2) is 0 Å². The molecule has 0 aromatic heterocycles. The first-order valence-corrected chi connectivity index (χ1v) is 7.59. The molecule has 1 fully saturated rings. The second kappa shape index (κ2) is 6.52. The van der Waals surface area contributed by atoms with Crippen LogP contribution in [0.4, 0.5) is 5.69 Å². The largest absolute Gasteiger partial charge is 0.491 e. The van der Waals surface area contributed by atoms with Crippen molar-refractivity contribution in [2.75, 3.05) is 12.3 Å². The van der Waals surface area contributed by atoms with Gasteiger partial charge in [-0.3, -0.25) is 4.79 Å². The molecule has 22 heavy (non-hydrogen) atoms. The number of ether oxygens (including phenoxy) is 1. The first-order chi connectivity index (χ1) is 10.7. The molecular formula is C18H20N2O2. The molecule has 0 bridgehead atoms. The Hall–Kier alpha value is -2.49. The highest BCUT2D eigenvalue weighted by Gasteiger charge is 2.23. The van der Waals surface area contributed by atoms with Gasteiger partial charge in [-0.1, -0.05) is 30.3 Å². The average Bonchev–Trinajstić information content (AvgIpc) is 3.34. The van der Waals surface area contributed by atoms with Crippen LogP contribution >= 0.6 is 0 Å². The second-order valence-electron chi connectivity index (χ2n) is 5.58. The number of nitrogens with two attached hydrogens (primary N) is 1. The van der Waals surface area contributed by atoms with Gasteiger partial charge < -0.3 is 15.8 Å². The Morgan fingerprint density at radius 3 is 2.64 bits per heavy atom. The summed E-state index contributed by atoms with van der Waals surface area (Å²) in [6, 6.07) is 15.7. The number of carbonyl (C=O) groups excluding carboxylic acids is 1. The minimum atomic E-state index is -0.0648. The Balaban J connectivity index is 1.56. The van der Waals surface area contributed by atoms with Crippen LogP contribution < -0.4 is 15.8 Å². The highest BCUT2D eigenvalue weighted by molar-refractivity contribution is 5.95. The molecule has 1 aliphatic rings. The standard InChI is InChI=1S/C18H20N2O2/c19-16-12-14(18(21)20-15-7-8-15)6-9-17(16)22-11-10-13-4-2-1-3-5-13/h1-6,9,12,15H,7-8,10-11,19H2,(H,20,21). The Morgan fingerprint density at radius 2 is 1.95 bits per heavy atom. The highest BCUT2D eigenvalue weighted by atomic mass is 16.5. The number of anilines is 1. The predicted molar refractivity (Wildman–Crippen MR) is 87.0 cm³/mol. The van der Waals surface area contributed by atoms with Crippen LogP contribution in [-0.4, -0.2) is 18.6 Å². The maximum absolute atomic E-state index is 12.0. The van der Waals surface area contributed by atoms with Gasteiger partial charge in [0.25, 0.3) is 5.91 Å². The zero-order chi connectivity index (χ0) is 15.4. The van der Waals surface area contributed by atoms with E-state index in [9.17, 15) is 4.79 Å². The second-order valence-corrected chi connectivity index (χ2v) is 5.58. The Labute approximate surface area is 130 Å². The van der Waals surface area contributed by atoms with E-state index in [1.54, 1.807) is 18.2 Å². The van der Waals surface area contributed by atoms with Crippen LogP contribution in [0.25, 0.3) is 0 Å². The van der Waals surface area contributed by atoms with Gasteiger partial charge in [0, 0.05) is 18.0 Å².